The number of ether oxygens (including phenoxy) is 1. The first-order chi connectivity index (χ1) is 15.9. The lowest BCUT2D eigenvalue weighted by Crippen LogP contribution is -2.38. The molecule has 2 unspecified atom stereocenters. The Morgan fingerprint density at radius 3 is 2.53 bits per heavy atom. The molecule has 1 aromatic carbocycles. The van der Waals surface area contributed by atoms with E-state index in [1.807, 2.05) is 0 Å². The fraction of sp³-hybridized carbons (Fsp3) is 0.316. The standard InChI is InChI=1S/C19H19FN2O10P2/c20-14-9-13(5-6-15(14)30-18(24)22-8-2-4-16(22)23)17-31-33(26,27)19(25,34(28,29)32-17)10-12-3-1-7-21-11-12/h1,3,5-7,9,11,17,25H,2,4,8,10H2,(H,26,27)(H,28,29). The molecule has 2 atom stereocenters. The van der Waals surface area contributed by atoms with Gasteiger partial charge in [0.25, 0.3) is 5.08 Å². The van der Waals surface area contributed by atoms with Crippen molar-refractivity contribution in [3.8, 4) is 5.75 Å². The van der Waals surface area contributed by atoms with Gasteiger partial charge >= 0.3 is 21.3 Å². The van der Waals surface area contributed by atoms with Crippen molar-refractivity contribution in [3.63, 3.8) is 0 Å². The molecule has 2 aromatic rings. The Hall–Kier alpha value is -2.50. The van der Waals surface area contributed by atoms with E-state index in [-0.39, 0.29) is 24.1 Å². The van der Waals surface area contributed by atoms with E-state index in [9.17, 15) is 38.0 Å². The van der Waals surface area contributed by atoms with E-state index in [1.54, 1.807) is 0 Å². The van der Waals surface area contributed by atoms with E-state index in [0.29, 0.717) is 12.5 Å². The number of hydrogen-bond acceptors (Lipinski definition) is 9. The second kappa shape index (κ2) is 8.94. The van der Waals surface area contributed by atoms with Crippen molar-refractivity contribution in [1.82, 2.24) is 9.88 Å². The smallest absolute Gasteiger partial charge is 0.407 e. The Morgan fingerprint density at radius 1 is 1.26 bits per heavy atom. The summed E-state index contributed by atoms with van der Waals surface area (Å²) in [4.78, 5) is 49.0. The molecule has 0 radical (unpaired) electrons. The fourth-order valence-corrected chi connectivity index (χ4v) is 7.02. The van der Waals surface area contributed by atoms with Gasteiger partial charge in [-0.3, -0.25) is 28.0 Å². The highest BCUT2D eigenvalue weighted by atomic mass is 31.2. The Bertz CT molecular complexity index is 1200. The molecule has 2 aliphatic heterocycles. The molecule has 0 spiro atoms. The summed E-state index contributed by atoms with van der Waals surface area (Å²) in [6.45, 7) is 0.140. The topological polar surface area (TPSA) is 173 Å². The second-order valence-electron chi connectivity index (χ2n) is 7.60. The summed E-state index contributed by atoms with van der Waals surface area (Å²) in [6, 6.07) is 5.57. The van der Waals surface area contributed by atoms with Crippen LogP contribution in [0.2, 0.25) is 0 Å². The molecule has 2 fully saturated rings. The Balaban J connectivity index is 1.55. The van der Waals surface area contributed by atoms with Gasteiger partial charge in [-0.25, -0.2) is 14.1 Å². The van der Waals surface area contributed by atoms with Gasteiger partial charge in [-0.1, -0.05) is 12.1 Å². The van der Waals surface area contributed by atoms with Crippen LogP contribution in [0.4, 0.5) is 9.18 Å². The van der Waals surface area contributed by atoms with Crippen molar-refractivity contribution >= 4 is 27.2 Å². The van der Waals surface area contributed by atoms with Crippen LogP contribution in [0.15, 0.2) is 42.7 Å². The van der Waals surface area contributed by atoms with Gasteiger partial charge in [-0.15, -0.1) is 0 Å². The van der Waals surface area contributed by atoms with E-state index in [4.69, 9.17) is 13.8 Å². The monoisotopic (exact) mass is 516 g/mol. The summed E-state index contributed by atoms with van der Waals surface area (Å²) in [6.07, 6.45) is -0.612. The quantitative estimate of drug-likeness (QED) is 0.510. The second-order valence-corrected chi connectivity index (χ2v) is 11.9. The zero-order valence-electron chi connectivity index (χ0n) is 17.3. The predicted octanol–water partition coefficient (Wildman–Crippen LogP) is 2.65. The van der Waals surface area contributed by atoms with Crippen molar-refractivity contribution in [1.29, 1.82) is 0 Å². The maximum absolute atomic E-state index is 14.6. The third-order valence-corrected chi connectivity index (χ3v) is 9.86. The average molecular weight is 516 g/mol. The Kier molecular flexibility index (Phi) is 6.47. The number of benzene rings is 1. The van der Waals surface area contributed by atoms with Gasteiger partial charge in [0.05, 0.1) is 0 Å². The summed E-state index contributed by atoms with van der Waals surface area (Å²) in [5, 5.41) is 7.50. The number of hydrogen-bond donors (Lipinski definition) is 3. The van der Waals surface area contributed by atoms with Crippen molar-refractivity contribution in [2.24, 2.45) is 0 Å². The third-order valence-electron chi connectivity index (χ3n) is 5.27. The summed E-state index contributed by atoms with van der Waals surface area (Å²) in [5.74, 6) is -2.15. The number of pyridine rings is 1. The molecule has 3 heterocycles. The van der Waals surface area contributed by atoms with Crippen LogP contribution >= 0.6 is 15.2 Å². The molecule has 12 nitrogen and oxygen atoms in total. The fourth-order valence-electron chi connectivity index (χ4n) is 3.44. The van der Waals surface area contributed by atoms with Crippen LogP contribution < -0.4 is 4.74 Å². The molecule has 2 saturated heterocycles. The normalized spacial score (nSPS) is 31.5. The van der Waals surface area contributed by atoms with Gasteiger partial charge in [0, 0.05) is 37.3 Å². The molecule has 0 saturated carbocycles. The minimum Gasteiger partial charge on any atom is -0.407 e. The Morgan fingerprint density at radius 2 is 1.97 bits per heavy atom. The molecule has 3 N–H and O–H groups in total. The first-order valence-electron chi connectivity index (χ1n) is 9.89. The summed E-state index contributed by atoms with van der Waals surface area (Å²) in [5.41, 5.74) is -0.144. The number of aromatic nitrogens is 1. The number of imide groups is 1. The van der Waals surface area contributed by atoms with Crippen molar-refractivity contribution in [2.45, 2.75) is 30.6 Å². The zero-order chi connectivity index (χ0) is 24.7. The number of carbonyl (C=O) groups excluding carboxylic acids is 2. The molecule has 34 heavy (non-hydrogen) atoms. The van der Waals surface area contributed by atoms with Crippen molar-refractivity contribution in [3.05, 3.63) is 59.7 Å². The SMILES string of the molecule is O=C1CCCN1C(=O)Oc1ccc(C2OP(=O)(O)C(O)(Cc3cccnc3)P(=O)(O)O2)cc1F. The first kappa shape index (κ1) is 24.6. The number of carbonyl (C=O) groups is 2. The summed E-state index contributed by atoms with van der Waals surface area (Å²) >= 11 is 0. The van der Waals surface area contributed by atoms with Crippen LogP contribution in [0.25, 0.3) is 0 Å². The molecule has 2 aliphatic rings. The molecular weight excluding hydrogens is 497 g/mol. The summed E-state index contributed by atoms with van der Waals surface area (Å²) < 4.78 is 54.9. The van der Waals surface area contributed by atoms with Gasteiger partial charge < -0.3 is 19.6 Å². The molecule has 4 rings (SSSR count). The molecular formula is C19H19FN2O10P2. The van der Waals surface area contributed by atoms with Crippen LogP contribution in [0.5, 0.6) is 5.75 Å². The number of nitrogens with zero attached hydrogens (tertiary/aromatic N) is 2. The molecule has 0 bridgehead atoms. The van der Waals surface area contributed by atoms with E-state index >= 15 is 0 Å². The maximum atomic E-state index is 14.6. The lowest BCUT2D eigenvalue weighted by atomic mass is 10.2. The lowest BCUT2D eigenvalue weighted by Gasteiger charge is -2.41. The van der Waals surface area contributed by atoms with Crippen LogP contribution in [-0.4, -0.2) is 48.4 Å². The van der Waals surface area contributed by atoms with Gasteiger partial charge in [-0.2, -0.15) is 0 Å². The molecule has 2 amide bonds. The van der Waals surface area contributed by atoms with Gasteiger partial charge in [-0.05, 0) is 30.2 Å². The van der Waals surface area contributed by atoms with E-state index in [0.717, 1.165) is 17.0 Å². The molecule has 1 aromatic heterocycles. The first-order valence-corrected chi connectivity index (χ1v) is 13.0. The maximum Gasteiger partial charge on any atom is 0.422 e. The zero-order valence-corrected chi connectivity index (χ0v) is 19.1. The highest BCUT2D eigenvalue weighted by Gasteiger charge is 2.67. The van der Waals surface area contributed by atoms with E-state index in [1.165, 1.54) is 24.5 Å². The van der Waals surface area contributed by atoms with Crippen LogP contribution in [-0.2, 0) is 29.4 Å². The largest absolute Gasteiger partial charge is 0.422 e. The molecule has 15 heteroatoms. The van der Waals surface area contributed by atoms with Gasteiger partial charge in [0.15, 0.2) is 11.6 Å². The number of aliphatic hydroxyl groups is 1. The number of halogens is 1. The average Bonchev–Trinajstić information content (AvgIpc) is 3.20. The third kappa shape index (κ3) is 4.44. The van der Waals surface area contributed by atoms with Gasteiger partial charge in [0.1, 0.15) is 0 Å². The van der Waals surface area contributed by atoms with Gasteiger partial charge in [0.2, 0.25) is 12.2 Å². The molecule has 182 valence electrons. The minimum absolute atomic E-state index is 0.140. The highest BCUT2D eigenvalue weighted by Crippen LogP contribution is 2.79. The van der Waals surface area contributed by atoms with E-state index in [2.05, 4.69) is 4.98 Å². The Labute approximate surface area is 192 Å². The van der Waals surface area contributed by atoms with E-state index < -0.39 is 56.6 Å². The van der Waals surface area contributed by atoms with Crippen molar-refractivity contribution < 1.29 is 51.8 Å². The van der Waals surface area contributed by atoms with Crippen LogP contribution in [0.1, 0.15) is 30.3 Å². The lowest BCUT2D eigenvalue weighted by molar-refractivity contribution is -0.125. The minimum atomic E-state index is -5.25. The van der Waals surface area contributed by atoms with Crippen LogP contribution in [0.3, 0.4) is 0 Å². The summed E-state index contributed by atoms with van der Waals surface area (Å²) in [7, 11) is -10.5. The number of rotatable bonds is 4. The highest BCUT2D eigenvalue weighted by molar-refractivity contribution is 7.73. The predicted molar refractivity (Wildman–Crippen MR) is 111 cm³/mol. The number of amides is 2. The van der Waals surface area contributed by atoms with Crippen LogP contribution in [0, 0.1) is 5.82 Å². The molecule has 0 aliphatic carbocycles. The number of likely N-dealkylation sites (tertiary alicyclic amines) is 1. The van der Waals surface area contributed by atoms with Crippen molar-refractivity contribution in [2.75, 3.05) is 6.54 Å².